The van der Waals surface area contributed by atoms with Gasteiger partial charge in [0.05, 0.1) is 12.3 Å². The van der Waals surface area contributed by atoms with Crippen molar-refractivity contribution in [2.75, 3.05) is 13.1 Å². The topological polar surface area (TPSA) is 64.2 Å². The fourth-order valence-electron chi connectivity index (χ4n) is 3.77. The number of furan rings is 1. The molecule has 4 heterocycles. The molecule has 0 bridgehead atoms. The van der Waals surface area contributed by atoms with Crippen molar-refractivity contribution < 1.29 is 13.6 Å². The lowest BCUT2D eigenvalue weighted by molar-refractivity contribution is 0.0788. The lowest BCUT2D eigenvalue weighted by atomic mass is 10.2. The van der Waals surface area contributed by atoms with E-state index >= 15 is 0 Å². The van der Waals surface area contributed by atoms with Gasteiger partial charge in [-0.05, 0) is 55.0 Å². The van der Waals surface area contributed by atoms with Crippen molar-refractivity contribution in [3.8, 4) is 11.6 Å². The van der Waals surface area contributed by atoms with E-state index in [9.17, 15) is 9.18 Å². The van der Waals surface area contributed by atoms with E-state index in [1.54, 1.807) is 17.4 Å². The standard InChI is InChI=1S/C21H17FN4O2/c22-15-7-5-14(6-8-15)21(27)25-11-9-16(13-25)26-19-17(3-1-10-23-19)24-20(26)18-4-2-12-28-18/h1-8,10,12,16H,9,11,13H2/t16-/m1/s1. The highest BCUT2D eigenvalue weighted by molar-refractivity contribution is 5.94. The quantitative estimate of drug-likeness (QED) is 0.544. The Morgan fingerprint density at radius 2 is 2.00 bits per heavy atom. The molecular weight excluding hydrogens is 359 g/mol. The summed E-state index contributed by atoms with van der Waals surface area (Å²) in [6.07, 6.45) is 4.14. The first-order chi connectivity index (χ1) is 13.7. The predicted molar refractivity (Wildman–Crippen MR) is 101 cm³/mol. The van der Waals surface area contributed by atoms with Crippen LogP contribution >= 0.6 is 0 Å². The third kappa shape index (κ3) is 2.76. The summed E-state index contributed by atoms with van der Waals surface area (Å²) >= 11 is 0. The molecule has 1 aromatic carbocycles. The number of halogens is 1. The number of imidazole rings is 1. The van der Waals surface area contributed by atoms with Gasteiger partial charge in [-0.1, -0.05) is 0 Å². The van der Waals surface area contributed by atoms with Crippen LogP contribution in [0.1, 0.15) is 22.8 Å². The van der Waals surface area contributed by atoms with Crippen molar-refractivity contribution in [2.45, 2.75) is 12.5 Å². The first kappa shape index (κ1) is 16.7. The van der Waals surface area contributed by atoms with Gasteiger partial charge in [-0.15, -0.1) is 0 Å². The Morgan fingerprint density at radius 3 is 2.79 bits per heavy atom. The molecule has 0 saturated carbocycles. The minimum atomic E-state index is -0.352. The van der Waals surface area contributed by atoms with Crippen molar-refractivity contribution in [1.29, 1.82) is 0 Å². The van der Waals surface area contributed by atoms with Gasteiger partial charge in [-0.25, -0.2) is 14.4 Å². The molecule has 0 radical (unpaired) electrons. The molecule has 1 saturated heterocycles. The molecule has 4 aromatic rings. The Morgan fingerprint density at radius 1 is 1.14 bits per heavy atom. The van der Waals surface area contributed by atoms with Crippen LogP contribution < -0.4 is 0 Å². The molecule has 1 fully saturated rings. The highest BCUT2D eigenvalue weighted by Crippen LogP contribution is 2.32. The average Bonchev–Trinajstić information content (AvgIpc) is 3.46. The van der Waals surface area contributed by atoms with E-state index in [0.717, 1.165) is 17.6 Å². The summed E-state index contributed by atoms with van der Waals surface area (Å²) in [5, 5.41) is 0. The number of carbonyl (C=O) groups is 1. The molecule has 0 aliphatic carbocycles. The third-order valence-electron chi connectivity index (χ3n) is 5.10. The molecule has 28 heavy (non-hydrogen) atoms. The normalized spacial score (nSPS) is 16.8. The van der Waals surface area contributed by atoms with E-state index in [1.165, 1.54) is 24.3 Å². The fourth-order valence-corrected chi connectivity index (χ4v) is 3.77. The van der Waals surface area contributed by atoms with Gasteiger partial charge >= 0.3 is 0 Å². The Labute approximate surface area is 160 Å². The van der Waals surface area contributed by atoms with Crippen molar-refractivity contribution >= 4 is 17.1 Å². The van der Waals surface area contributed by atoms with Gasteiger partial charge < -0.3 is 13.9 Å². The largest absolute Gasteiger partial charge is 0.461 e. The van der Waals surface area contributed by atoms with Gasteiger partial charge in [0.15, 0.2) is 17.2 Å². The first-order valence-electron chi connectivity index (χ1n) is 9.12. The van der Waals surface area contributed by atoms with Crippen LogP contribution in [0, 0.1) is 5.82 Å². The highest BCUT2D eigenvalue weighted by atomic mass is 19.1. The van der Waals surface area contributed by atoms with Crippen LogP contribution in [0.25, 0.3) is 22.7 Å². The second-order valence-electron chi connectivity index (χ2n) is 6.83. The van der Waals surface area contributed by atoms with Crippen molar-refractivity contribution in [3.63, 3.8) is 0 Å². The first-order valence-corrected chi connectivity index (χ1v) is 9.12. The van der Waals surface area contributed by atoms with Gasteiger partial charge in [0.1, 0.15) is 11.3 Å². The zero-order chi connectivity index (χ0) is 19.1. The van der Waals surface area contributed by atoms with Crippen molar-refractivity contribution in [2.24, 2.45) is 0 Å². The second kappa shape index (κ2) is 6.60. The smallest absolute Gasteiger partial charge is 0.253 e. The minimum absolute atomic E-state index is 0.0319. The van der Waals surface area contributed by atoms with Gasteiger partial charge in [0, 0.05) is 24.8 Å². The lowest BCUT2D eigenvalue weighted by Crippen LogP contribution is -2.29. The SMILES string of the molecule is O=C(c1ccc(F)cc1)N1CC[C@@H](n2c(-c3ccco3)nc3cccnc32)C1. The van der Waals surface area contributed by atoms with E-state index in [4.69, 9.17) is 9.40 Å². The summed E-state index contributed by atoms with van der Waals surface area (Å²) < 4.78 is 20.8. The Balaban J connectivity index is 1.49. The van der Waals surface area contributed by atoms with Crippen LogP contribution in [0.3, 0.4) is 0 Å². The average molecular weight is 376 g/mol. The van der Waals surface area contributed by atoms with Crippen LogP contribution in [0.15, 0.2) is 65.4 Å². The van der Waals surface area contributed by atoms with Gasteiger partial charge in [-0.2, -0.15) is 0 Å². The third-order valence-corrected chi connectivity index (χ3v) is 5.10. The summed E-state index contributed by atoms with van der Waals surface area (Å²) in [5.41, 5.74) is 2.05. The zero-order valence-corrected chi connectivity index (χ0v) is 15.0. The molecule has 140 valence electrons. The van der Waals surface area contributed by atoms with E-state index in [1.807, 2.05) is 24.3 Å². The number of nitrogens with zero attached hydrogens (tertiary/aromatic N) is 4. The van der Waals surface area contributed by atoms with E-state index < -0.39 is 0 Å². The lowest BCUT2D eigenvalue weighted by Gasteiger charge is -2.18. The zero-order valence-electron chi connectivity index (χ0n) is 15.0. The highest BCUT2D eigenvalue weighted by Gasteiger charge is 2.31. The maximum Gasteiger partial charge on any atom is 0.253 e. The number of fused-ring (bicyclic) bond motifs is 1. The molecule has 1 atom stereocenters. The van der Waals surface area contributed by atoms with Crippen LogP contribution in [0.4, 0.5) is 4.39 Å². The summed E-state index contributed by atoms with van der Waals surface area (Å²) in [7, 11) is 0. The number of rotatable bonds is 3. The number of aromatic nitrogens is 3. The molecule has 6 nitrogen and oxygen atoms in total. The number of amides is 1. The van der Waals surface area contributed by atoms with Crippen LogP contribution in [-0.2, 0) is 0 Å². The molecule has 0 N–H and O–H groups in total. The molecule has 1 aliphatic rings. The van der Waals surface area contributed by atoms with Crippen LogP contribution in [0.5, 0.6) is 0 Å². The Hall–Kier alpha value is -3.48. The molecular formula is C21H17FN4O2. The minimum Gasteiger partial charge on any atom is -0.461 e. The molecule has 7 heteroatoms. The van der Waals surface area contributed by atoms with Gasteiger partial charge in [0.2, 0.25) is 0 Å². The second-order valence-corrected chi connectivity index (χ2v) is 6.83. The molecule has 0 spiro atoms. The van der Waals surface area contributed by atoms with Crippen LogP contribution in [-0.4, -0.2) is 38.4 Å². The molecule has 3 aromatic heterocycles. The van der Waals surface area contributed by atoms with Gasteiger partial charge in [-0.3, -0.25) is 4.79 Å². The van der Waals surface area contributed by atoms with Gasteiger partial charge in [0.25, 0.3) is 5.91 Å². The Bertz CT molecular complexity index is 1140. The molecule has 5 rings (SSSR count). The van der Waals surface area contributed by atoms with Crippen molar-refractivity contribution in [3.05, 3.63) is 72.4 Å². The Kier molecular flexibility index (Phi) is 3.93. The fraction of sp³-hybridized carbons (Fsp3) is 0.190. The van der Waals surface area contributed by atoms with E-state index in [0.29, 0.717) is 30.2 Å². The summed E-state index contributed by atoms with van der Waals surface area (Å²) in [6, 6.07) is 13.2. The summed E-state index contributed by atoms with van der Waals surface area (Å²) in [5.74, 6) is 0.926. The number of benzene rings is 1. The number of pyridine rings is 1. The van der Waals surface area contributed by atoms with E-state index in [-0.39, 0.29) is 17.8 Å². The van der Waals surface area contributed by atoms with E-state index in [2.05, 4.69) is 9.55 Å². The molecule has 0 unspecified atom stereocenters. The monoisotopic (exact) mass is 376 g/mol. The maximum absolute atomic E-state index is 13.2. The molecule has 1 aliphatic heterocycles. The predicted octanol–water partition coefficient (Wildman–Crippen LogP) is 3.92. The number of carbonyl (C=O) groups excluding carboxylic acids is 1. The summed E-state index contributed by atoms with van der Waals surface area (Å²) in [4.78, 5) is 23.8. The number of likely N-dealkylation sites (tertiary alicyclic amines) is 1. The number of hydrogen-bond acceptors (Lipinski definition) is 4. The maximum atomic E-state index is 13.2. The number of hydrogen-bond donors (Lipinski definition) is 0. The summed E-state index contributed by atoms with van der Waals surface area (Å²) in [6.45, 7) is 1.15. The van der Waals surface area contributed by atoms with Crippen molar-refractivity contribution in [1.82, 2.24) is 19.4 Å². The molecule has 1 amide bonds. The van der Waals surface area contributed by atoms with Crippen LogP contribution in [0.2, 0.25) is 0 Å².